The second-order valence-corrected chi connectivity index (χ2v) is 4.51. The maximum Gasteiger partial charge on any atom is 0.330 e. The number of ether oxygens (including phenoxy) is 2. The molecule has 0 saturated heterocycles. The first-order valence-corrected chi connectivity index (χ1v) is 6.57. The number of nitrogens with zero attached hydrogens (tertiary/aromatic N) is 1. The average Bonchev–Trinajstić information content (AvgIpc) is 2.54. The maximum atomic E-state index is 11.2. The highest BCUT2D eigenvalue weighted by Gasteiger charge is 2.13. The van der Waals surface area contributed by atoms with Crippen molar-refractivity contribution in [2.24, 2.45) is 0 Å². The molecule has 0 saturated carbocycles. The molecule has 0 amide bonds. The second kappa shape index (κ2) is 8.54. The molecule has 24 heavy (non-hydrogen) atoms. The van der Waals surface area contributed by atoms with Gasteiger partial charge in [0.1, 0.15) is 11.5 Å². The van der Waals surface area contributed by atoms with Crippen molar-refractivity contribution in [3.8, 4) is 11.5 Å². The van der Waals surface area contributed by atoms with Crippen LogP contribution >= 0.6 is 12.4 Å². The molecule has 0 fully saturated rings. The number of benzene rings is 2. The zero-order valence-corrected chi connectivity index (χ0v) is 13.5. The molecule has 0 aliphatic heterocycles. The molecule has 2 N–H and O–H groups in total. The molecule has 0 bridgehead atoms. The molecular formula is C16H15ClN2O5. The fourth-order valence-corrected chi connectivity index (χ4v) is 1.79. The lowest BCUT2D eigenvalue weighted by molar-refractivity contribution is -0.385. The van der Waals surface area contributed by atoms with Gasteiger partial charge in [-0.05, 0) is 42.5 Å². The van der Waals surface area contributed by atoms with Gasteiger partial charge in [0.05, 0.1) is 17.6 Å². The molecule has 126 valence electrons. The van der Waals surface area contributed by atoms with Crippen molar-refractivity contribution in [3.05, 3.63) is 64.2 Å². The Morgan fingerprint density at radius 1 is 1.17 bits per heavy atom. The van der Waals surface area contributed by atoms with Crippen LogP contribution in [0.25, 0.3) is 6.08 Å². The Morgan fingerprint density at radius 3 is 2.38 bits per heavy atom. The highest BCUT2D eigenvalue weighted by atomic mass is 35.5. The Labute approximate surface area is 144 Å². The second-order valence-electron chi connectivity index (χ2n) is 4.51. The van der Waals surface area contributed by atoms with E-state index in [0.717, 1.165) is 6.08 Å². The van der Waals surface area contributed by atoms with E-state index in [1.54, 1.807) is 24.3 Å². The number of halogens is 1. The monoisotopic (exact) mass is 350 g/mol. The fraction of sp³-hybridized carbons (Fsp3) is 0.0625. The highest BCUT2D eigenvalue weighted by molar-refractivity contribution is 5.88. The van der Waals surface area contributed by atoms with Crippen LogP contribution in [-0.2, 0) is 9.53 Å². The smallest absolute Gasteiger partial charge is 0.330 e. The van der Waals surface area contributed by atoms with Gasteiger partial charge in [0.2, 0.25) is 0 Å². The van der Waals surface area contributed by atoms with Crippen LogP contribution in [0, 0.1) is 10.1 Å². The van der Waals surface area contributed by atoms with Gasteiger partial charge < -0.3 is 15.2 Å². The molecule has 0 aromatic heterocycles. The first-order chi connectivity index (χ1) is 11.0. The van der Waals surface area contributed by atoms with E-state index in [9.17, 15) is 14.9 Å². The van der Waals surface area contributed by atoms with Crippen LogP contribution in [0.2, 0.25) is 0 Å². The van der Waals surface area contributed by atoms with Gasteiger partial charge in [-0.15, -0.1) is 12.4 Å². The Kier molecular flexibility index (Phi) is 6.76. The summed E-state index contributed by atoms with van der Waals surface area (Å²) in [5, 5.41) is 11.0. The summed E-state index contributed by atoms with van der Waals surface area (Å²) in [7, 11) is 1.22. The number of anilines is 1. The first kappa shape index (κ1) is 19.0. The highest BCUT2D eigenvalue weighted by Crippen LogP contribution is 2.29. The van der Waals surface area contributed by atoms with Crippen molar-refractivity contribution < 1.29 is 19.2 Å². The van der Waals surface area contributed by atoms with Crippen LogP contribution in [0.3, 0.4) is 0 Å². The Morgan fingerprint density at radius 2 is 1.79 bits per heavy atom. The zero-order valence-electron chi connectivity index (χ0n) is 12.7. The number of nitrogens with two attached hydrogens (primary N) is 1. The Bertz CT molecular complexity index is 760. The van der Waals surface area contributed by atoms with Crippen LogP contribution in [-0.4, -0.2) is 18.0 Å². The quantitative estimate of drug-likeness (QED) is 0.290. The molecule has 0 aliphatic rings. The summed E-state index contributed by atoms with van der Waals surface area (Å²) in [6.45, 7) is 0. The molecule has 0 radical (unpaired) electrons. The third-order valence-electron chi connectivity index (χ3n) is 2.91. The summed E-state index contributed by atoms with van der Waals surface area (Å²) in [6, 6.07) is 11.0. The van der Waals surface area contributed by atoms with Gasteiger partial charge in [-0.3, -0.25) is 10.1 Å². The average molecular weight is 351 g/mol. The number of methoxy groups -OCH3 is 1. The van der Waals surface area contributed by atoms with Gasteiger partial charge in [0.15, 0.2) is 0 Å². The predicted octanol–water partition coefficient (Wildman–Crippen LogP) is 3.58. The van der Waals surface area contributed by atoms with Crippen LogP contribution in [0.4, 0.5) is 11.4 Å². The van der Waals surface area contributed by atoms with Crippen LogP contribution < -0.4 is 10.5 Å². The lowest BCUT2D eigenvalue weighted by Gasteiger charge is -2.07. The van der Waals surface area contributed by atoms with E-state index < -0.39 is 10.9 Å². The molecular weight excluding hydrogens is 336 g/mol. The van der Waals surface area contributed by atoms with Crippen molar-refractivity contribution in [1.29, 1.82) is 0 Å². The summed E-state index contributed by atoms with van der Waals surface area (Å²) in [5.41, 5.74) is 6.28. The first-order valence-electron chi connectivity index (χ1n) is 6.57. The SMILES string of the molecule is COC(=O)/C=C/c1cc(Oc2ccc(N)cc2)ccc1[N+](=O)[O-].Cl. The topological polar surface area (TPSA) is 105 Å². The summed E-state index contributed by atoms with van der Waals surface area (Å²) >= 11 is 0. The predicted molar refractivity (Wildman–Crippen MR) is 92.3 cm³/mol. The minimum atomic E-state index is -0.607. The molecule has 8 heteroatoms. The van der Waals surface area contributed by atoms with Gasteiger partial charge in [-0.25, -0.2) is 4.79 Å². The summed E-state index contributed by atoms with van der Waals surface area (Å²) in [5.74, 6) is 0.324. The van der Waals surface area contributed by atoms with Crippen molar-refractivity contribution in [1.82, 2.24) is 0 Å². The van der Waals surface area contributed by atoms with Gasteiger partial charge in [0, 0.05) is 17.8 Å². The Hall–Kier alpha value is -3.06. The number of hydrogen-bond donors (Lipinski definition) is 1. The van der Waals surface area contributed by atoms with Crippen molar-refractivity contribution in [2.75, 3.05) is 12.8 Å². The van der Waals surface area contributed by atoms with Gasteiger partial charge in [-0.1, -0.05) is 0 Å². The number of esters is 1. The van der Waals surface area contributed by atoms with Gasteiger partial charge in [0.25, 0.3) is 5.69 Å². The number of nitro benzene ring substituents is 1. The van der Waals surface area contributed by atoms with E-state index in [1.807, 2.05) is 0 Å². The number of rotatable bonds is 5. The minimum Gasteiger partial charge on any atom is -0.466 e. The summed E-state index contributed by atoms with van der Waals surface area (Å²) in [6.07, 6.45) is 2.41. The number of carbonyl (C=O) groups excluding carboxylic acids is 1. The molecule has 0 aliphatic carbocycles. The van der Waals surface area contributed by atoms with Crippen LogP contribution in [0.1, 0.15) is 5.56 Å². The van der Waals surface area contributed by atoms with E-state index >= 15 is 0 Å². The molecule has 0 heterocycles. The molecule has 2 aromatic carbocycles. The van der Waals surface area contributed by atoms with E-state index in [0.29, 0.717) is 17.2 Å². The zero-order chi connectivity index (χ0) is 16.8. The van der Waals surface area contributed by atoms with E-state index in [2.05, 4.69) is 4.74 Å². The van der Waals surface area contributed by atoms with E-state index in [4.69, 9.17) is 10.5 Å². The van der Waals surface area contributed by atoms with E-state index in [1.165, 1.54) is 31.4 Å². The summed E-state index contributed by atoms with van der Waals surface area (Å²) < 4.78 is 10.1. The molecule has 0 atom stereocenters. The third kappa shape index (κ3) is 4.99. The molecule has 2 aromatic rings. The van der Waals surface area contributed by atoms with Crippen molar-refractivity contribution in [3.63, 3.8) is 0 Å². The number of carbonyl (C=O) groups is 1. The van der Waals surface area contributed by atoms with Crippen LogP contribution in [0.5, 0.6) is 11.5 Å². The number of nitrogen functional groups attached to an aromatic ring is 1. The molecule has 0 spiro atoms. The Balaban J connectivity index is 0.00000288. The minimum absolute atomic E-state index is 0. The molecule has 7 nitrogen and oxygen atoms in total. The largest absolute Gasteiger partial charge is 0.466 e. The lowest BCUT2D eigenvalue weighted by Crippen LogP contribution is -1.96. The number of hydrogen-bond acceptors (Lipinski definition) is 6. The van der Waals surface area contributed by atoms with E-state index in [-0.39, 0.29) is 23.7 Å². The maximum absolute atomic E-state index is 11.2. The van der Waals surface area contributed by atoms with Crippen molar-refractivity contribution >= 4 is 35.8 Å². The number of nitro groups is 1. The van der Waals surface area contributed by atoms with Gasteiger partial charge in [-0.2, -0.15) is 0 Å². The van der Waals surface area contributed by atoms with Crippen molar-refractivity contribution in [2.45, 2.75) is 0 Å². The molecule has 2 rings (SSSR count). The van der Waals surface area contributed by atoms with Gasteiger partial charge >= 0.3 is 5.97 Å². The lowest BCUT2D eigenvalue weighted by atomic mass is 10.1. The van der Waals surface area contributed by atoms with Crippen LogP contribution in [0.15, 0.2) is 48.5 Å². The standard InChI is InChI=1S/C16H14N2O5.ClH/c1-22-16(19)9-2-11-10-14(7-8-15(11)18(20)21)23-13-5-3-12(17)4-6-13;/h2-10H,17H2,1H3;1H/b9-2+;. The third-order valence-corrected chi connectivity index (χ3v) is 2.91. The summed E-state index contributed by atoms with van der Waals surface area (Å²) in [4.78, 5) is 21.7. The fourth-order valence-electron chi connectivity index (χ4n) is 1.79. The molecule has 0 unspecified atom stereocenters. The normalized spacial score (nSPS) is 10.0.